The summed E-state index contributed by atoms with van der Waals surface area (Å²) in [5.41, 5.74) is 1.97. The zero-order chi connectivity index (χ0) is 24.1. The Bertz CT molecular complexity index is 798. The van der Waals surface area contributed by atoms with Crippen molar-refractivity contribution < 1.29 is 29.3 Å². The predicted molar refractivity (Wildman–Crippen MR) is 127 cm³/mol. The zero-order valence-corrected chi connectivity index (χ0v) is 19.9. The molecule has 2 rings (SSSR count). The summed E-state index contributed by atoms with van der Waals surface area (Å²) in [6, 6.07) is 9.76. The molecule has 1 aliphatic rings. The molecule has 1 aromatic rings. The van der Waals surface area contributed by atoms with Crippen LogP contribution < -0.4 is 0 Å². The van der Waals surface area contributed by atoms with Crippen LogP contribution >= 0.6 is 0 Å². The molecule has 0 spiro atoms. The summed E-state index contributed by atoms with van der Waals surface area (Å²) in [6.07, 6.45) is 8.71. The van der Waals surface area contributed by atoms with Gasteiger partial charge in [-0.3, -0.25) is 9.59 Å². The Morgan fingerprint density at radius 1 is 1.09 bits per heavy atom. The topological polar surface area (TPSA) is 93.1 Å². The normalized spacial score (nSPS) is 19.2. The van der Waals surface area contributed by atoms with Crippen molar-refractivity contribution in [1.29, 1.82) is 0 Å². The van der Waals surface area contributed by atoms with E-state index in [1.807, 2.05) is 43.3 Å². The summed E-state index contributed by atoms with van der Waals surface area (Å²) in [7, 11) is 1.39. The molecule has 0 amide bonds. The van der Waals surface area contributed by atoms with Crippen LogP contribution in [0.4, 0.5) is 0 Å². The second-order valence-corrected chi connectivity index (χ2v) is 8.60. The van der Waals surface area contributed by atoms with Crippen molar-refractivity contribution in [3.63, 3.8) is 0 Å². The average molecular weight is 459 g/mol. The van der Waals surface area contributed by atoms with Crippen molar-refractivity contribution in [1.82, 2.24) is 0 Å². The number of esters is 2. The van der Waals surface area contributed by atoms with Gasteiger partial charge in [-0.05, 0) is 36.8 Å². The Morgan fingerprint density at radius 3 is 2.52 bits per heavy atom. The molecule has 0 bridgehead atoms. The van der Waals surface area contributed by atoms with Crippen molar-refractivity contribution in [3.8, 4) is 0 Å². The maximum atomic E-state index is 12.1. The third kappa shape index (κ3) is 9.52. The van der Waals surface area contributed by atoms with Crippen LogP contribution in [0.1, 0.15) is 70.3 Å². The van der Waals surface area contributed by atoms with Gasteiger partial charge in [-0.15, -0.1) is 0 Å². The van der Waals surface area contributed by atoms with Crippen LogP contribution in [-0.4, -0.2) is 41.5 Å². The number of benzene rings is 1. The molecule has 182 valence electrons. The minimum Gasteiger partial charge on any atom is -0.469 e. The third-order valence-corrected chi connectivity index (χ3v) is 5.89. The number of rotatable bonds is 14. The first kappa shape index (κ1) is 26.8. The minimum atomic E-state index is -0.677. The summed E-state index contributed by atoms with van der Waals surface area (Å²) in [5.74, 6) is -0.178. The van der Waals surface area contributed by atoms with Crippen LogP contribution in [0, 0.1) is 5.92 Å². The predicted octanol–water partition coefficient (Wildman–Crippen LogP) is 4.64. The number of aliphatic hydroxyl groups is 2. The number of ether oxygens (including phenoxy) is 2. The van der Waals surface area contributed by atoms with Crippen molar-refractivity contribution in [2.45, 2.75) is 83.3 Å². The largest absolute Gasteiger partial charge is 0.469 e. The molecule has 2 N–H and O–H groups in total. The van der Waals surface area contributed by atoms with E-state index >= 15 is 0 Å². The summed E-state index contributed by atoms with van der Waals surface area (Å²) in [4.78, 5) is 23.3. The molecule has 33 heavy (non-hydrogen) atoms. The smallest absolute Gasteiger partial charge is 0.310 e. The molecule has 0 aromatic heterocycles. The van der Waals surface area contributed by atoms with Crippen LogP contribution in [0.15, 0.2) is 53.8 Å². The molecule has 1 aliphatic carbocycles. The lowest BCUT2D eigenvalue weighted by molar-refractivity contribution is -0.141. The quantitative estimate of drug-likeness (QED) is 0.240. The first-order valence-electron chi connectivity index (χ1n) is 12.0. The van der Waals surface area contributed by atoms with Gasteiger partial charge in [0.05, 0.1) is 19.3 Å². The number of unbranched alkanes of at least 4 members (excludes halogenated alkanes) is 3. The summed E-state index contributed by atoms with van der Waals surface area (Å²) >= 11 is 0. The van der Waals surface area contributed by atoms with Crippen LogP contribution in [-0.2, 0) is 25.5 Å². The van der Waals surface area contributed by atoms with E-state index < -0.39 is 12.2 Å². The van der Waals surface area contributed by atoms with Crippen LogP contribution in [0.2, 0.25) is 0 Å². The number of carbonyl (C=O) groups is 2. The van der Waals surface area contributed by atoms with Gasteiger partial charge >= 0.3 is 11.9 Å². The number of aliphatic hydroxyl groups excluding tert-OH is 2. The van der Waals surface area contributed by atoms with Gasteiger partial charge in [0.15, 0.2) is 0 Å². The second-order valence-electron chi connectivity index (χ2n) is 8.60. The van der Waals surface area contributed by atoms with E-state index in [-0.39, 0.29) is 17.9 Å². The Kier molecular flexibility index (Phi) is 11.9. The fourth-order valence-electron chi connectivity index (χ4n) is 4.13. The summed E-state index contributed by atoms with van der Waals surface area (Å²) in [6.45, 7) is 1.92. The SMILES string of the molecule is CCCC(=O)OC1=C(CCCCCCC(=O)OC)[C@H](C=CC(O)Cc2ccccc2)[C@H](O)C1. The molecular formula is C27H38O6. The van der Waals surface area contributed by atoms with Crippen molar-refractivity contribution in [3.05, 3.63) is 59.4 Å². The molecule has 3 atom stereocenters. The Balaban J connectivity index is 2.00. The Morgan fingerprint density at radius 2 is 1.82 bits per heavy atom. The Hall–Kier alpha value is -2.44. The number of hydrogen-bond donors (Lipinski definition) is 2. The van der Waals surface area contributed by atoms with Gasteiger partial charge in [0, 0.05) is 31.6 Å². The molecular weight excluding hydrogens is 420 g/mol. The number of methoxy groups -OCH3 is 1. The number of carbonyl (C=O) groups excluding carboxylic acids is 2. The molecule has 1 aromatic carbocycles. The highest BCUT2D eigenvalue weighted by Crippen LogP contribution is 2.37. The molecule has 6 nitrogen and oxygen atoms in total. The van der Waals surface area contributed by atoms with Crippen LogP contribution in [0.3, 0.4) is 0 Å². The van der Waals surface area contributed by atoms with Gasteiger partial charge in [-0.1, -0.05) is 62.2 Å². The highest BCUT2D eigenvalue weighted by molar-refractivity contribution is 5.70. The maximum absolute atomic E-state index is 12.1. The highest BCUT2D eigenvalue weighted by atomic mass is 16.5. The Labute approximate surface area is 197 Å². The lowest BCUT2D eigenvalue weighted by Crippen LogP contribution is -2.16. The molecule has 0 radical (unpaired) electrons. The summed E-state index contributed by atoms with van der Waals surface area (Å²) < 4.78 is 10.3. The molecule has 0 saturated heterocycles. The third-order valence-electron chi connectivity index (χ3n) is 5.89. The van der Waals surface area contributed by atoms with E-state index in [2.05, 4.69) is 4.74 Å². The van der Waals surface area contributed by atoms with Gasteiger partial charge in [0.25, 0.3) is 0 Å². The van der Waals surface area contributed by atoms with E-state index in [0.29, 0.717) is 44.3 Å². The van der Waals surface area contributed by atoms with E-state index in [1.54, 1.807) is 6.08 Å². The monoisotopic (exact) mass is 458 g/mol. The van der Waals surface area contributed by atoms with E-state index in [1.165, 1.54) is 7.11 Å². The van der Waals surface area contributed by atoms with E-state index in [0.717, 1.165) is 36.8 Å². The van der Waals surface area contributed by atoms with Crippen LogP contribution in [0.25, 0.3) is 0 Å². The van der Waals surface area contributed by atoms with Crippen molar-refractivity contribution in [2.75, 3.05) is 7.11 Å². The maximum Gasteiger partial charge on any atom is 0.310 e. The first-order valence-corrected chi connectivity index (χ1v) is 12.0. The van der Waals surface area contributed by atoms with Gasteiger partial charge in [-0.25, -0.2) is 0 Å². The second kappa shape index (κ2) is 14.7. The van der Waals surface area contributed by atoms with Crippen molar-refractivity contribution in [2.24, 2.45) is 5.92 Å². The lowest BCUT2D eigenvalue weighted by atomic mass is 9.93. The van der Waals surface area contributed by atoms with Crippen molar-refractivity contribution >= 4 is 11.9 Å². The van der Waals surface area contributed by atoms with Crippen LogP contribution in [0.5, 0.6) is 0 Å². The average Bonchev–Trinajstić information content (AvgIpc) is 3.08. The molecule has 0 aliphatic heterocycles. The first-order chi connectivity index (χ1) is 15.9. The number of hydrogen-bond acceptors (Lipinski definition) is 6. The molecule has 1 unspecified atom stereocenters. The molecule has 0 heterocycles. The molecule has 0 fully saturated rings. The molecule has 6 heteroatoms. The fourth-order valence-corrected chi connectivity index (χ4v) is 4.13. The lowest BCUT2D eigenvalue weighted by Gasteiger charge is -2.16. The zero-order valence-electron chi connectivity index (χ0n) is 19.9. The van der Waals surface area contributed by atoms with Gasteiger partial charge in [0.1, 0.15) is 5.76 Å². The van der Waals surface area contributed by atoms with Gasteiger partial charge in [0.2, 0.25) is 0 Å². The van der Waals surface area contributed by atoms with Gasteiger partial charge in [-0.2, -0.15) is 0 Å². The van der Waals surface area contributed by atoms with E-state index in [9.17, 15) is 19.8 Å². The summed E-state index contributed by atoms with van der Waals surface area (Å²) in [5, 5.41) is 21.1. The standard InChI is InChI=1S/C27H38O6/c1-3-11-27(31)33-25-19-24(29)22(17-16-21(28)18-20-12-7-6-8-13-20)23(25)14-9-4-5-10-15-26(30)32-2/h6-8,12-13,16-17,21-22,24,28-29H,3-5,9-11,14-15,18-19H2,1-2H3/t21?,22-,24+/m0/s1. The molecule has 0 saturated carbocycles. The van der Waals surface area contributed by atoms with E-state index in [4.69, 9.17) is 4.74 Å². The minimum absolute atomic E-state index is 0.194. The fraction of sp³-hybridized carbons (Fsp3) is 0.556. The highest BCUT2D eigenvalue weighted by Gasteiger charge is 2.33. The van der Waals surface area contributed by atoms with Gasteiger partial charge < -0.3 is 19.7 Å².